The van der Waals surface area contributed by atoms with E-state index in [1.165, 1.54) is 23.3 Å². The maximum absolute atomic E-state index is 11.4. The lowest BCUT2D eigenvalue weighted by Crippen LogP contribution is -2.31. The molecule has 0 heterocycles. The molecule has 17 heavy (non-hydrogen) atoms. The fourth-order valence-electron chi connectivity index (χ4n) is 2.17. The van der Waals surface area contributed by atoms with Crippen LogP contribution in [0.15, 0.2) is 29.2 Å². The number of hydrogen-bond donors (Lipinski definition) is 1. The zero-order chi connectivity index (χ0) is 12.3. The summed E-state index contributed by atoms with van der Waals surface area (Å²) >= 11 is 1.79. The van der Waals surface area contributed by atoms with E-state index in [0.717, 1.165) is 6.54 Å². The lowest BCUT2D eigenvalue weighted by molar-refractivity contribution is -0.120. The van der Waals surface area contributed by atoms with Crippen LogP contribution in [0.3, 0.4) is 0 Å². The van der Waals surface area contributed by atoms with Crippen LogP contribution in [-0.2, 0) is 10.2 Å². The van der Waals surface area contributed by atoms with Crippen LogP contribution >= 0.6 is 11.8 Å². The Morgan fingerprint density at radius 1 is 1.41 bits per heavy atom. The zero-order valence-corrected chi connectivity index (χ0v) is 11.3. The Hall–Kier alpha value is -0.960. The molecular formula is C14H19NOS. The summed E-state index contributed by atoms with van der Waals surface area (Å²) in [5.41, 5.74) is 1.62. The Kier molecular flexibility index (Phi) is 3.77. The Balaban J connectivity index is 2.12. The molecular weight excluding hydrogens is 230 g/mol. The van der Waals surface area contributed by atoms with Gasteiger partial charge in [-0.3, -0.25) is 4.79 Å². The Morgan fingerprint density at radius 2 is 2.12 bits per heavy atom. The molecule has 92 valence electrons. The van der Waals surface area contributed by atoms with Crippen LogP contribution in [0.1, 0.15) is 31.7 Å². The summed E-state index contributed by atoms with van der Waals surface area (Å²) in [7, 11) is 0. The van der Waals surface area contributed by atoms with Gasteiger partial charge >= 0.3 is 0 Å². The zero-order valence-electron chi connectivity index (χ0n) is 10.5. The van der Waals surface area contributed by atoms with Crippen molar-refractivity contribution in [1.82, 2.24) is 5.32 Å². The average Bonchev–Trinajstić information content (AvgIpc) is 3.17. The van der Waals surface area contributed by atoms with Crippen LogP contribution in [0.5, 0.6) is 0 Å². The molecule has 1 aromatic carbocycles. The van der Waals surface area contributed by atoms with Crippen molar-refractivity contribution in [3.05, 3.63) is 29.8 Å². The highest BCUT2D eigenvalue weighted by Gasteiger charge is 2.45. The summed E-state index contributed by atoms with van der Waals surface area (Å²) < 4.78 is 0. The first-order valence-electron chi connectivity index (χ1n) is 6.12. The second-order valence-electron chi connectivity index (χ2n) is 4.61. The summed E-state index contributed by atoms with van der Waals surface area (Å²) in [6.07, 6.45) is 5.06. The van der Waals surface area contributed by atoms with E-state index in [9.17, 15) is 4.79 Å². The Morgan fingerprint density at radius 3 is 2.71 bits per heavy atom. The topological polar surface area (TPSA) is 29.1 Å². The minimum Gasteiger partial charge on any atom is -0.355 e. The highest BCUT2D eigenvalue weighted by molar-refractivity contribution is 7.98. The molecule has 1 saturated carbocycles. The summed E-state index contributed by atoms with van der Waals surface area (Å²) in [6, 6.07) is 8.55. The van der Waals surface area contributed by atoms with Crippen molar-refractivity contribution in [3.8, 4) is 0 Å². The third-order valence-electron chi connectivity index (χ3n) is 3.48. The first-order valence-corrected chi connectivity index (χ1v) is 7.34. The summed E-state index contributed by atoms with van der Waals surface area (Å²) in [4.78, 5) is 12.7. The summed E-state index contributed by atoms with van der Waals surface area (Å²) in [5, 5.41) is 3.04. The first-order chi connectivity index (χ1) is 8.22. The molecule has 0 aromatic heterocycles. The molecule has 0 saturated heterocycles. The van der Waals surface area contributed by atoms with Gasteiger partial charge in [0.2, 0.25) is 5.91 Å². The van der Waals surface area contributed by atoms with E-state index in [1.807, 2.05) is 6.92 Å². The van der Waals surface area contributed by atoms with Gasteiger partial charge in [0.15, 0.2) is 0 Å². The van der Waals surface area contributed by atoms with Crippen LogP contribution in [0, 0.1) is 0 Å². The van der Waals surface area contributed by atoms with Gasteiger partial charge in [-0.1, -0.05) is 25.1 Å². The van der Waals surface area contributed by atoms with E-state index in [-0.39, 0.29) is 11.3 Å². The predicted octanol–water partition coefficient (Wildman–Crippen LogP) is 2.97. The van der Waals surface area contributed by atoms with Gasteiger partial charge in [0.1, 0.15) is 0 Å². The van der Waals surface area contributed by atoms with Gasteiger partial charge in [-0.25, -0.2) is 0 Å². The van der Waals surface area contributed by atoms with Gasteiger partial charge < -0.3 is 5.32 Å². The number of hydrogen-bond acceptors (Lipinski definition) is 2. The molecule has 0 atom stereocenters. The molecule has 0 spiro atoms. The third-order valence-corrected chi connectivity index (χ3v) is 4.27. The highest BCUT2D eigenvalue weighted by Crippen LogP contribution is 2.50. The average molecular weight is 249 g/mol. The molecule has 1 amide bonds. The summed E-state index contributed by atoms with van der Waals surface area (Å²) in [6.45, 7) is 2.68. The molecule has 1 aliphatic carbocycles. The minimum atomic E-state index is 0.151. The van der Waals surface area contributed by atoms with Gasteiger partial charge in [-0.05, 0) is 30.7 Å². The van der Waals surface area contributed by atoms with Crippen molar-refractivity contribution in [3.63, 3.8) is 0 Å². The second kappa shape index (κ2) is 5.13. The molecule has 1 aliphatic rings. The third kappa shape index (κ3) is 2.65. The van der Waals surface area contributed by atoms with Crippen LogP contribution < -0.4 is 5.32 Å². The second-order valence-corrected chi connectivity index (χ2v) is 5.46. The molecule has 3 heteroatoms. The van der Waals surface area contributed by atoms with Crippen LogP contribution in [0.4, 0.5) is 0 Å². The van der Waals surface area contributed by atoms with E-state index in [0.29, 0.717) is 6.42 Å². The molecule has 1 fully saturated rings. The normalized spacial score (nSPS) is 16.6. The lowest BCUT2D eigenvalue weighted by atomic mass is 9.96. The Labute approximate surface area is 107 Å². The monoisotopic (exact) mass is 249 g/mol. The van der Waals surface area contributed by atoms with E-state index < -0.39 is 0 Å². The molecule has 0 bridgehead atoms. The van der Waals surface area contributed by atoms with Crippen molar-refractivity contribution in [1.29, 1.82) is 0 Å². The number of amides is 1. The standard InChI is InChI=1S/C14H19NOS/c1-3-13(16)15-10-14(8-9-14)11-6-4-5-7-12(11)17-2/h4-7H,3,8-10H2,1-2H3,(H,15,16). The number of rotatable bonds is 5. The number of thioether (sulfide) groups is 1. The SMILES string of the molecule is CCC(=O)NCC1(c2ccccc2SC)CC1. The maximum atomic E-state index is 11.4. The molecule has 2 nitrogen and oxygen atoms in total. The molecule has 0 radical (unpaired) electrons. The molecule has 2 rings (SSSR count). The highest BCUT2D eigenvalue weighted by atomic mass is 32.2. The molecule has 0 aliphatic heterocycles. The fourth-order valence-corrected chi connectivity index (χ4v) is 2.89. The lowest BCUT2D eigenvalue weighted by Gasteiger charge is -2.19. The largest absolute Gasteiger partial charge is 0.355 e. The minimum absolute atomic E-state index is 0.151. The number of carbonyl (C=O) groups excluding carboxylic acids is 1. The Bertz CT molecular complexity index is 412. The number of nitrogens with one attached hydrogen (secondary N) is 1. The van der Waals surface area contributed by atoms with Crippen molar-refractivity contribution in [2.24, 2.45) is 0 Å². The van der Waals surface area contributed by atoms with Crippen LogP contribution in [-0.4, -0.2) is 18.7 Å². The number of benzene rings is 1. The predicted molar refractivity (Wildman–Crippen MR) is 72.4 cm³/mol. The maximum Gasteiger partial charge on any atom is 0.219 e. The number of carbonyl (C=O) groups is 1. The van der Waals surface area contributed by atoms with E-state index in [4.69, 9.17) is 0 Å². The van der Waals surface area contributed by atoms with E-state index >= 15 is 0 Å². The van der Waals surface area contributed by atoms with E-state index in [1.54, 1.807) is 11.8 Å². The molecule has 1 N–H and O–H groups in total. The van der Waals surface area contributed by atoms with Gasteiger partial charge in [-0.2, -0.15) is 0 Å². The quantitative estimate of drug-likeness (QED) is 0.813. The van der Waals surface area contributed by atoms with Crippen molar-refractivity contribution in [2.75, 3.05) is 12.8 Å². The van der Waals surface area contributed by atoms with Gasteiger partial charge in [-0.15, -0.1) is 11.8 Å². The van der Waals surface area contributed by atoms with Crippen LogP contribution in [0.25, 0.3) is 0 Å². The summed E-state index contributed by atoms with van der Waals surface area (Å²) in [5.74, 6) is 0.151. The van der Waals surface area contributed by atoms with Gasteiger partial charge in [0.25, 0.3) is 0 Å². The van der Waals surface area contributed by atoms with Crippen molar-refractivity contribution < 1.29 is 4.79 Å². The van der Waals surface area contributed by atoms with Gasteiger partial charge in [0.05, 0.1) is 0 Å². The van der Waals surface area contributed by atoms with Crippen LogP contribution in [0.2, 0.25) is 0 Å². The van der Waals surface area contributed by atoms with Crippen molar-refractivity contribution in [2.45, 2.75) is 36.5 Å². The first kappa shape index (κ1) is 12.5. The van der Waals surface area contributed by atoms with Gasteiger partial charge in [0, 0.05) is 23.3 Å². The van der Waals surface area contributed by atoms with Crippen molar-refractivity contribution >= 4 is 17.7 Å². The fraction of sp³-hybridized carbons (Fsp3) is 0.500. The van der Waals surface area contributed by atoms with E-state index in [2.05, 4.69) is 35.8 Å². The molecule has 0 unspecified atom stereocenters. The smallest absolute Gasteiger partial charge is 0.219 e. The molecule has 1 aromatic rings.